The predicted octanol–water partition coefficient (Wildman–Crippen LogP) is 11.4. The van der Waals surface area contributed by atoms with Gasteiger partial charge in [-0.2, -0.15) is 13.2 Å². The molecule has 1 aliphatic heterocycles. The Bertz CT molecular complexity index is 2120. The normalized spacial score (nSPS) is 23.6. The van der Waals surface area contributed by atoms with Gasteiger partial charge in [0.25, 0.3) is 0 Å². The quantitative estimate of drug-likeness (QED) is 0.268. The number of hydrogen-bond donors (Lipinski definition) is 1. The molecule has 1 saturated carbocycles. The van der Waals surface area contributed by atoms with Gasteiger partial charge in [0.2, 0.25) is 0 Å². The standard InChI is InChI=1S/C41H47F3NO5PS/c1-39(2,3)29-19-15-25(16-20-29)33-23-27-11-7-9-13-31(27)35-36-32-14-10-8-12-28(32)24-34(26-17-21-30(22-18-26)40(4,5)6)38(36)50-51(46,49-37(33)35)45-52(47,48)41(42,43)44/h15-24,27,31H,7-14H2,1-6H3,(H,45,46). The predicted molar refractivity (Wildman–Crippen MR) is 200 cm³/mol. The first-order valence-corrected chi connectivity index (χ1v) is 21.3. The lowest BCUT2D eigenvalue weighted by Crippen LogP contribution is -2.36. The van der Waals surface area contributed by atoms with E-state index in [1.54, 1.807) is 0 Å². The van der Waals surface area contributed by atoms with Crippen LogP contribution in [0.15, 0.2) is 66.4 Å². The molecule has 1 fully saturated rings. The average molecular weight is 754 g/mol. The van der Waals surface area contributed by atoms with Gasteiger partial charge in [0.1, 0.15) is 11.5 Å². The maximum atomic E-state index is 14.9. The molecular weight excluding hydrogens is 706 g/mol. The van der Waals surface area contributed by atoms with E-state index in [1.165, 1.54) is 4.49 Å². The number of fused-ring (bicyclic) bond motifs is 6. The first-order valence-electron chi connectivity index (χ1n) is 18.2. The van der Waals surface area contributed by atoms with E-state index in [0.717, 1.165) is 83.9 Å². The molecule has 52 heavy (non-hydrogen) atoms. The molecule has 6 nitrogen and oxygen atoms in total. The second-order valence-electron chi connectivity index (χ2n) is 16.7. The molecule has 0 spiro atoms. The van der Waals surface area contributed by atoms with Gasteiger partial charge in [-0.1, -0.05) is 113 Å². The SMILES string of the molecule is CC(C)(C)c1ccc(C2=CC3CCCCC3C3=C2OP(=O)(NS(=O)(=O)C(F)(F)F)Oc2c(-c4ccc(C(C)(C)C)cc4)cc4c(c23)CCCC4)cc1. The maximum absolute atomic E-state index is 14.9. The van der Waals surface area contributed by atoms with Gasteiger partial charge in [-0.15, -0.1) is 0 Å². The molecule has 0 aromatic heterocycles. The summed E-state index contributed by atoms with van der Waals surface area (Å²) in [5, 5.41) is 0. The third kappa shape index (κ3) is 6.80. The van der Waals surface area contributed by atoms with E-state index in [1.807, 2.05) is 54.6 Å². The summed E-state index contributed by atoms with van der Waals surface area (Å²) in [7, 11) is -11.5. The van der Waals surface area contributed by atoms with Gasteiger partial charge in [-0.3, -0.25) is 0 Å². The molecule has 0 bridgehead atoms. The summed E-state index contributed by atoms with van der Waals surface area (Å²) in [6, 6.07) is 17.8. The summed E-state index contributed by atoms with van der Waals surface area (Å²) in [6.07, 6.45) is 9.08. The van der Waals surface area contributed by atoms with Crippen molar-refractivity contribution in [2.45, 2.75) is 109 Å². The fraction of sp³-hybridized carbons (Fsp3) is 0.463. The Kier molecular flexibility index (Phi) is 9.19. The molecular formula is C41H47F3NO5PS. The van der Waals surface area contributed by atoms with Crippen molar-refractivity contribution in [3.8, 4) is 16.9 Å². The van der Waals surface area contributed by atoms with E-state index in [4.69, 9.17) is 9.05 Å². The minimum atomic E-state index is -6.16. The summed E-state index contributed by atoms with van der Waals surface area (Å²) < 4.78 is 96.2. The van der Waals surface area contributed by atoms with Gasteiger partial charge in [-0.05, 0) is 101 Å². The van der Waals surface area contributed by atoms with Gasteiger partial charge in [0.05, 0.1) is 0 Å². The smallest absolute Gasteiger partial charge is 0.403 e. The zero-order chi connectivity index (χ0) is 37.4. The fourth-order valence-corrected chi connectivity index (χ4v) is 11.0. The zero-order valence-electron chi connectivity index (χ0n) is 30.6. The number of hydrogen-bond acceptors (Lipinski definition) is 5. The molecule has 1 N–H and O–H groups in total. The molecule has 0 radical (unpaired) electrons. The monoisotopic (exact) mass is 753 g/mol. The lowest BCUT2D eigenvalue weighted by atomic mass is 9.66. The van der Waals surface area contributed by atoms with Crippen LogP contribution in [-0.4, -0.2) is 13.9 Å². The van der Waals surface area contributed by atoms with Crippen LogP contribution in [-0.2, 0) is 42.8 Å². The maximum Gasteiger partial charge on any atom is 0.526 e. The molecule has 4 aliphatic rings. The molecule has 7 rings (SSSR count). The summed E-state index contributed by atoms with van der Waals surface area (Å²) in [4.78, 5) is 0. The highest BCUT2D eigenvalue weighted by atomic mass is 32.2. The number of allylic oxidation sites excluding steroid dienone is 3. The minimum absolute atomic E-state index is 0.0829. The van der Waals surface area contributed by atoms with Crippen LogP contribution in [0, 0.1) is 11.8 Å². The number of alkyl halides is 3. The van der Waals surface area contributed by atoms with Crippen molar-refractivity contribution in [2.24, 2.45) is 11.8 Å². The lowest BCUT2D eigenvalue weighted by molar-refractivity contribution is -0.0443. The Morgan fingerprint density at radius 1 is 0.769 bits per heavy atom. The van der Waals surface area contributed by atoms with Crippen molar-refractivity contribution in [3.63, 3.8) is 0 Å². The van der Waals surface area contributed by atoms with Crippen molar-refractivity contribution in [1.29, 1.82) is 0 Å². The van der Waals surface area contributed by atoms with E-state index in [0.29, 0.717) is 23.1 Å². The van der Waals surface area contributed by atoms with Gasteiger partial charge in [0, 0.05) is 22.3 Å². The minimum Gasteiger partial charge on any atom is -0.403 e. The Labute approximate surface area is 305 Å². The van der Waals surface area contributed by atoms with Crippen molar-refractivity contribution >= 4 is 28.9 Å². The molecule has 0 amide bonds. The van der Waals surface area contributed by atoms with Crippen molar-refractivity contribution in [2.75, 3.05) is 0 Å². The molecule has 0 saturated heterocycles. The van der Waals surface area contributed by atoms with Crippen LogP contribution in [0.5, 0.6) is 5.75 Å². The van der Waals surface area contributed by atoms with Crippen molar-refractivity contribution in [3.05, 3.63) is 99.8 Å². The molecule has 11 heteroatoms. The van der Waals surface area contributed by atoms with E-state index in [2.05, 4.69) is 47.6 Å². The van der Waals surface area contributed by atoms with Gasteiger partial charge in [-0.25, -0.2) is 13.0 Å². The zero-order valence-corrected chi connectivity index (χ0v) is 32.3. The Balaban J connectivity index is 1.54. The van der Waals surface area contributed by atoms with Gasteiger partial charge in [0.15, 0.2) is 0 Å². The van der Waals surface area contributed by atoms with E-state index >= 15 is 0 Å². The highest BCUT2D eigenvalue weighted by Crippen LogP contribution is 2.63. The average Bonchev–Trinajstić information content (AvgIpc) is 3.20. The van der Waals surface area contributed by atoms with Crippen LogP contribution < -0.4 is 9.02 Å². The van der Waals surface area contributed by atoms with Crippen LogP contribution in [0.2, 0.25) is 0 Å². The Morgan fingerprint density at radius 3 is 1.94 bits per heavy atom. The van der Waals surface area contributed by atoms with Gasteiger partial charge < -0.3 is 9.05 Å². The number of aryl methyl sites for hydroxylation is 1. The third-order valence-electron chi connectivity index (χ3n) is 11.0. The van der Waals surface area contributed by atoms with E-state index in [-0.39, 0.29) is 34.2 Å². The Hall–Kier alpha value is -3.33. The first-order chi connectivity index (χ1) is 24.3. The topological polar surface area (TPSA) is 81.7 Å². The fourth-order valence-electron chi connectivity index (χ4n) is 8.22. The summed E-state index contributed by atoms with van der Waals surface area (Å²) in [6.45, 7) is 12.6. The lowest BCUT2D eigenvalue weighted by Gasteiger charge is -2.38. The number of benzene rings is 3. The van der Waals surface area contributed by atoms with E-state index < -0.39 is 23.3 Å². The number of nitrogens with one attached hydrogen (secondary N) is 1. The van der Waals surface area contributed by atoms with Crippen LogP contribution in [0.1, 0.15) is 113 Å². The van der Waals surface area contributed by atoms with Crippen LogP contribution in [0.4, 0.5) is 13.2 Å². The Morgan fingerprint density at radius 2 is 1.35 bits per heavy atom. The highest BCUT2D eigenvalue weighted by Gasteiger charge is 2.54. The molecule has 3 atom stereocenters. The molecule has 3 aromatic carbocycles. The summed E-state index contributed by atoms with van der Waals surface area (Å²) in [5.74, 6) is 0.196. The third-order valence-corrected chi connectivity index (χ3v) is 14.3. The van der Waals surface area contributed by atoms with Crippen LogP contribution in [0.25, 0.3) is 22.3 Å². The largest absolute Gasteiger partial charge is 0.526 e. The molecule has 1 heterocycles. The number of halogens is 3. The van der Waals surface area contributed by atoms with Crippen molar-refractivity contribution in [1.82, 2.24) is 4.49 Å². The second kappa shape index (κ2) is 12.9. The van der Waals surface area contributed by atoms with Crippen LogP contribution >= 0.6 is 7.75 Å². The molecule has 3 aliphatic carbocycles. The van der Waals surface area contributed by atoms with Crippen LogP contribution in [0.3, 0.4) is 0 Å². The van der Waals surface area contributed by atoms with E-state index in [9.17, 15) is 26.2 Å². The molecule has 3 unspecified atom stereocenters. The van der Waals surface area contributed by atoms with Gasteiger partial charge >= 0.3 is 23.3 Å². The molecule has 3 aromatic rings. The van der Waals surface area contributed by atoms with Crippen molar-refractivity contribution < 1.29 is 35.2 Å². The summed E-state index contributed by atoms with van der Waals surface area (Å²) >= 11 is 0. The highest BCUT2D eigenvalue weighted by molar-refractivity contribution is 7.95. The first kappa shape index (κ1) is 37.0. The molecule has 278 valence electrons. The number of sulfonamides is 1. The second-order valence-corrected chi connectivity index (χ2v) is 20.3. The summed E-state index contributed by atoms with van der Waals surface area (Å²) in [5.41, 5.74) is 2.24. The number of rotatable bonds is 4.